The Bertz CT molecular complexity index is 531. The zero-order chi connectivity index (χ0) is 13.1. The van der Waals surface area contributed by atoms with Crippen LogP contribution in [0.15, 0.2) is 29.7 Å². The first-order valence-electron chi connectivity index (χ1n) is 5.23. The lowest BCUT2D eigenvalue weighted by Gasteiger charge is -2.15. The molecule has 1 N–H and O–H groups in total. The number of hydrogen-bond donors (Lipinski definition) is 1. The van der Waals surface area contributed by atoms with Gasteiger partial charge in [0.25, 0.3) is 0 Å². The van der Waals surface area contributed by atoms with Gasteiger partial charge in [0, 0.05) is 26.0 Å². The second kappa shape index (κ2) is 5.30. The van der Waals surface area contributed by atoms with E-state index in [0.717, 1.165) is 6.08 Å². The van der Waals surface area contributed by atoms with Crippen molar-refractivity contribution in [3.05, 3.63) is 35.0 Å². The third-order valence-electron chi connectivity index (χ3n) is 2.34. The molecule has 0 bridgehead atoms. The van der Waals surface area contributed by atoms with Gasteiger partial charge in [0.1, 0.15) is 11.6 Å². The Hall–Kier alpha value is -1.69. The van der Waals surface area contributed by atoms with Crippen LogP contribution in [-0.2, 0) is 0 Å². The van der Waals surface area contributed by atoms with Gasteiger partial charge in [0.05, 0.1) is 6.20 Å². The molecule has 7 heteroatoms. The van der Waals surface area contributed by atoms with E-state index in [2.05, 4.69) is 15.3 Å². The van der Waals surface area contributed by atoms with Crippen LogP contribution in [0.1, 0.15) is 12.8 Å². The maximum Gasteiger partial charge on any atom is 0.224 e. The molecule has 4 nitrogen and oxygen atoms in total. The lowest BCUT2D eigenvalue weighted by molar-refractivity contribution is 0.364. The summed E-state index contributed by atoms with van der Waals surface area (Å²) in [5, 5.41) is 2.81. The first kappa shape index (κ1) is 12.8. The van der Waals surface area contributed by atoms with Gasteiger partial charge in [-0.2, -0.15) is 4.98 Å². The number of aromatic nitrogens is 2. The molecule has 0 spiro atoms. The number of hydrogen-bond acceptors (Lipinski definition) is 4. The summed E-state index contributed by atoms with van der Waals surface area (Å²) in [6.45, 7) is 0. The molecule has 1 aliphatic carbocycles. The van der Waals surface area contributed by atoms with Crippen molar-refractivity contribution in [2.24, 2.45) is 0 Å². The Labute approximate surface area is 107 Å². The van der Waals surface area contributed by atoms with E-state index >= 15 is 0 Å². The highest BCUT2D eigenvalue weighted by molar-refractivity contribution is 6.28. The average molecular weight is 274 g/mol. The van der Waals surface area contributed by atoms with Crippen LogP contribution in [0.4, 0.5) is 14.6 Å². The van der Waals surface area contributed by atoms with Crippen molar-refractivity contribution in [3.63, 3.8) is 0 Å². The smallest absolute Gasteiger partial charge is 0.224 e. The molecule has 0 saturated carbocycles. The molecule has 0 radical (unpaired) electrons. The average Bonchev–Trinajstić information content (AvgIpc) is 2.34. The van der Waals surface area contributed by atoms with Crippen LogP contribution in [-0.4, -0.2) is 17.0 Å². The number of nitrogens with zero attached hydrogens (tertiary/aromatic N) is 2. The second-order valence-corrected chi connectivity index (χ2v) is 3.90. The van der Waals surface area contributed by atoms with Gasteiger partial charge in [-0.15, -0.1) is 0 Å². The fraction of sp³-hybridized carbons (Fsp3) is 0.273. The Morgan fingerprint density at radius 3 is 2.83 bits per heavy atom. The van der Waals surface area contributed by atoms with Gasteiger partial charge in [-0.25, -0.2) is 13.8 Å². The first-order chi connectivity index (χ1) is 8.60. The number of halogens is 3. The van der Waals surface area contributed by atoms with E-state index in [-0.39, 0.29) is 29.6 Å². The van der Waals surface area contributed by atoms with E-state index < -0.39 is 11.7 Å². The van der Waals surface area contributed by atoms with Crippen molar-refractivity contribution in [3.8, 4) is 5.75 Å². The maximum absolute atomic E-state index is 13.5. The van der Waals surface area contributed by atoms with Crippen molar-refractivity contribution in [2.45, 2.75) is 12.8 Å². The molecule has 0 atom stereocenters. The summed E-state index contributed by atoms with van der Waals surface area (Å²) in [6.07, 6.45) is 2.41. The topological polar surface area (TPSA) is 47.0 Å². The molecule has 96 valence electrons. The van der Waals surface area contributed by atoms with E-state index in [1.807, 2.05) is 0 Å². The van der Waals surface area contributed by atoms with Crippen LogP contribution in [0, 0.1) is 0 Å². The number of allylic oxidation sites excluding steroid dienone is 4. The number of ether oxygens (including phenoxy) is 1. The zero-order valence-corrected chi connectivity index (χ0v) is 10.3. The van der Waals surface area contributed by atoms with E-state index in [4.69, 9.17) is 16.3 Å². The molecular weight excluding hydrogens is 264 g/mol. The highest BCUT2D eigenvalue weighted by Crippen LogP contribution is 2.30. The predicted octanol–water partition coefficient (Wildman–Crippen LogP) is 3.38. The molecule has 1 aromatic rings. The van der Waals surface area contributed by atoms with Crippen molar-refractivity contribution < 1.29 is 13.5 Å². The van der Waals surface area contributed by atoms with E-state index in [1.165, 1.54) is 6.20 Å². The van der Waals surface area contributed by atoms with Gasteiger partial charge in [0.15, 0.2) is 17.4 Å². The first-order valence-corrected chi connectivity index (χ1v) is 5.61. The van der Waals surface area contributed by atoms with Crippen LogP contribution >= 0.6 is 11.6 Å². The van der Waals surface area contributed by atoms with Crippen molar-refractivity contribution >= 4 is 17.4 Å². The third kappa shape index (κ3) is 2.76. The summed E-state index contributed by atoms with van der Waals surface area (Å²) < 4.78 is 31.6. The number of anilines is 1. The zero-order valence-electron chi connectivity index (χ0n) is 9.51. The summed E-state index contributed by atoms with van der Waals surface area (Å²) in [6, 6.07) is 0. The van der Waals surface area contributed by atoms with Crippen molar-refractivity contribution in [2.75, 3.05) is 12.4 Å². The van der Waals surface area contributed by atoms with Crippen molar-refractivity contribution in [1.82, 2.24) is 9.97 Å². The minimum Gasteiger partial charge on any atom is -0.453 e. The van der Waals surface area contributed by atoms with E-state index in [9.17, 15) is 8.78 Å². The third-order valence-corrected chi connectivity index (χ3v) is 2.52. The lowest BCUT2D eigenvalue weighted by atomic mass is 10.1. The summed E-state index contributed by atoms with van der Waals surface area (Å²) in [4.78, 5) is 7.63. The van der Waals surface area contributed by atoms with Crippen LogP contribution in [0.3, 0.4) is 0 Å². The van der Waals surface area contributed by atoms with Crippen LogP contribution in [0.2, 0.25) is 5.28 Å². The molecule has 18 heavy (non-hydrogen) atoms. The second-order valence-electron chi connectivity index (χ2n) is 3.57. The largest absolute Gasteiger partial charge is 0.453 e. The predicted molar refractivity (Wildman–Crippen MR) is 63.8 cm³/mol. The fourth-order valence-electron chi connectivity index (χ4n) is 1.48. The van der Waals surface area contributed by atoms with Crippen LogP contribution < -0.4 is 10.1 Å². The number of nitrogens with one attached hydrogen (secondary N) is 1. The summed E-state index contributed by atoms with van der Waals surface area (Å²) >= 11 is 5.62. The molecule has 1 aliphatic rings. The van der Waals surface area contributed by atoms with E-state index in [0.29, 0.717) is 5.82 Å². The molecule has 0 fully saturated rings. The summed E-state index contributed by atoms with van der Waals surface area (Å²) in [5.74, 6) is -0.594. The lowest BCUT2D eigenvalue weighted by Crippen LogP contribution is -2.05. The van der Waals surface area contributed by atoms with Crippen LogP contribution in [0.25, 0.3) is 0 Å². The summed E-state index contributed by atoms with van der Waals surface area (Å²) in [5.41, 5.74) is 0. The number of rotatable bonds is 3. The SMILES string of the molecule is CNc1nc(Cl)ncc1OC1=C(F)C=C(F)CC1. The standard InChI is InChI=1S/C11H10ClF2N3O/c1-15-10-9(5-16-11(12)17-10)18-8-3-2-6(13)4-7(8)14/h4-5H,2-3H2,1H3,(H,15,16,17). The highest BCUT2D eigenvalue weighted by Gasteiger charge is 2.17. The molecule has 0 amide bonds. The molecule has 0 aromatic carbocycles. The van der Waals surface area contributed by atoms with Gasteiger partial charge in [-0.3, -0.25) is 0 Å². The minimum atomic E-state index is -0.726. The molecular formula is C11H10ClF2N3O. The van der Waals surface area contributed by atoms with Gasteiger partial charge >= 0.3 is 0 Å². The molecule has 2 rings (SSSR count). The Balaban J connectivity index is 2.27. The van der Waals surface area contributed by atoms with Gasteiger partial charge < -0.3 is 10.1 Å². The molecule has 0 aliphatic heterocycles. The van der Waals surface area contributed by atoms with Gasteiger partial charge in [-0.05, 0) is 11.6 Å². The molecule has 0 saturated heterocycles. The monoisotopic (exact) mass is 273 g/mol. The molecule has 1 aromatic heterocycles. The Morgan fingerprint density at radius 1 is 1.39 bits per heavy atom. The van der Waals surface area contributed by atoms with Crippen LogP contribution in [0.5, 0.6) is 5.75 Å². The highest BCUT2D eigenvalue weighted by atomic mass is 35.5. The Kier molecular flexibility index (Phi) is 3.76. The Morgan fingerprint density at radius 2 is 2.17 bits per heavy atom. The molecule has 1 heterocycles. The fourth-order valence-corrected chi connectivity index (χ4v) is 1.61. The van der Waals surface area contributed by atoms with Crippen molar-refractivity contribution in [1.29, 1.82) is 0 Å². The normalized spacial score (nSPS) is 15.4. The molecule has 0 unspecified atom stereocenters. The van der Waals surface area contributed by atoms with Gasteiger partial charge in [0.2, 0.25) is 5.28 Å². The van der Waals surface area contributed by atoms with Gasteiger partial charge in [-0.1, -0.05) is 0 Å². The maximum atomic E-state index is 13.5. The quantitative estimate of drug-likeness (QED) is 0.858. The van der Waals surface area contributed by atoms with E-state index in [1.54, 1.807) is 7.05 Å². The summed E-state index contributed by atoms with van der Waals surface area (Å²) in [7, 11) is 1.62. The minimum absolute atomic E-state index is 0.0516.